The fourth-order valence-electron chi connectivity index (χ4n) is 4.41. The van der Waals surface area contributed by atoms with Gasteiger partial charge < -0.3 is 0 Å². The Morgan fingerprint density at radius 1 is 1.03 bits per heavy atom. The molecule has 0 bridgehead atoms. The molecule has 3 aromatic rings. The Bertz CT molecular complexity index is 1040. The zero-order valence-electron chi connectivity index (χ0n) is 18.2. The van der Waals surface area contributed by atoms with Gasteiger partial charge in [-0.25, -0.2) is 4.98 Å². The van der Waals surface area contributed by atoms with Gasteiger partial charge in [0.05, 0.1) is 10.7 Å². The van der Waals surface area contributed by atoms with E-state index in [4.69, 9.17) is 4.98 Å². The minimum absolute atomic E-state index is 0.193. The van der Waals surface area contributed by atoms with Gasteiger partial charge in [0.15, 0.2) is 0 Å². The molecule has 150 valence electrons. The van der Waals surface area contributed by atoms with Crippen LogP contribution in [0, 0.1) is 6.92 Å². The fourth-order valence-corrected chi connectivity index (χ4v) is 5.06. The maximum atomic E-state index is 4.73. The highest BCUT2D eigenvalue weighted by Crippen LogP contribution is 2.47. The summed E-state index contributed by atoms with van der Waals surface area (Å²) in [5.74, 6) is 0. The number of benzene rings is 1. The summed E-state index contributed by atoms with van der Waals surface area (Å²) in [5.41, 5.74) is 9.02. The smallest absolute Gasteiger partial charge is 0.0969 e. The van der Waals surface area contributed by atoms with Crippen molar-refractivity contribution >= 4 is 16.9 Å². The number of hydrogen-bond acceptors (Lipinski definition) is 3. The molecule has 0 saturated carbocycles. The molecular weight excluding hydrogens is 372 g/mol. The third-order valence-electron chi connectivity index (χ3n) is 6.50. The van der Waals surface area contributed by atoms with E-state index in [0.29, 0.717) is 0 Å². The summed E-state index contributed by atoms with van der Waals surface area (Å²) >= 11 is 1.68. The molecule has 0 unspecified atom stereocenters. The Morgan fingerprint density at radius 2 is 1.72 bits per heavy atom. The van der Waals surface area contributed by atoms with Crippen LogP contribution in [0.25, 0.3) is 5.57 Å². The second-order valence-corrected chi connectivity index (χ2v) is 10.6. The normalized spacial score (nSPS) is 17.0. The maximum absolute atomic E-state index is 4.73. The molecule has 3 heteroatoms. The van der Waals surface area contributed by atoms with Gasteiger partial charge in [-0.05, 0) is 70.5 Å². The quantitative estimate of drug-likeness (QED) is 0.477. The number of thiazole rings is 1. The molecule has 0 spiro atoms. The number of fused-ring (bicyclic) bond motifs is 1. The van der Waals surface area contributed by atoms with Crippen molar-refractivity contribution in [3.8, 4) is 0 Å². The molecule has 2 aromatic heterocycles. The molecule has 1 aliphatic carbocycles. The van der Waals surface area contributed by atoms with E-state index in [0.717, 1.165) is 22.7 Å². The van der Waals surface area contributed by atoms with Crippen molar-refractivity contribution in [3.05, 3.63) is 87.1 Å². The molecule has 2 heterocycles. The van der Waals surface area contributed by atoms with Crippen LogP contribution >= 0.6 is 11.3 Å². The topological polar surface area (TPSA) is 25.8 Å². The van der Waals surface area contributed by atoms with Crippen molar-refractivity contribution in [1.29, 1.82) is 0 Å². The highest BCUT2D eigenvalue weighted by molar-refractivity contribution is 7.09. The molecule has 2 nitrogen and oxygen atoms in total. The van der Waals surface area contributed by atoms with Crippen molar-refractivity contribution in [1.82, 2.24) is 9.97 Å². The molecule has 0 atom stereocenters. The lowest BCUT2D eigenvalue weighted by Crippen LogP contribution is -2.34. The first kappa shape index (κ1) is 20.0. The summed E-state index contributed by atoms with van der Waals surface area (Å²) in [7, 11) is 0. The molecule has 0 aliphatic heterocycles. The van der Waals surface area contributed by atoms with Crippen molar-refractivity contribution < 1.29 is 0 Å². The number of rotatable bonds is 4. The summed E-state index contributed by atoms with van der Waals surface area (Å²) in [4.78, 5) is 9.10. The molecule has 4 rings (SSSR count). The number of pyridine rings is 1. The van der Waals surface area contributed by atoms with E-state index in [1.54, 1.807) is 11.3 Å². The van der Waals surface area contributed by atoms with Crippen molar-refractivity contribution in [2.45, 2.75) is 64.7 Å². The minimum Gasteiger partial charge on any atom is -0.256 e. The Morgan fingerprint density at radius 3 is 2.31 bits per heavy atom. The summed E-state index contributed by atoms with van der Waals surface area (Å²) in [6.07, 6.45) is 7.09. The van der Waals surface area contributed by atoms with E-state index in [1.807, 2.05) is 17.8 Å². The van der Waals surface area contributed by atoms with Crippen LogP contribution < -0.4 is 0 Å². The van der Waals surface area contributed by atoms with Crippen LogP contribution in [0.3, 0.4) is 0 Å². The van der Waals surface area contributed by atoms with Crippen molar-refractivity contribution in [2.24, 2.45) is 0 Å². The zero-order chi connectivity index (χ0) is 20.8. The van der Waals surface area contributed by atoms with Crippen LogP contribution in [-0.2, 0) is 17.3 Å². The van der Waals surface area contributed by atoms with Crippen molar-refractivity contribution in [3.63, 3.8) is 0 Å². The number of nitrogens with zero attached hydrogens (tertiary/aromatic N) is 2. The van der Waals surface area contributed by atoms with Crippen LogP contribution in [-0.4, -0.2) is 9.97 Å². The SMILES string of the molecule is C=C(c1ccc(Cc2nccs2)cn1)c1cc2c(cc1C)C(C)(C)CCC2(C)C. The van der Waals surface area contributed by atoms with Gasteiger partial charge in [0.1, 0.15) is 0 Å². The second kappa shape index (κ2) is 7.21. The maximum Gasteiger partial charge on any atom is 0.0969 e. The highest BCUT2D eigenvalue weighted by Gasteiger charge is 2.37. The van der Waals surface area contributed by atoms with Gasteiger partial charge in [0, 0.05) is 29.8 Å². The predicted octanol–water partition coefficient (Wildman–Crippen LogP) is 6.85. The molecule has 0 radical (unpaired) electrons. The Labute approximate surface area is 178 Å². The van der Waals surface area contributed by atoms with Crippen LogP contribution in [0.4, 0.5) is 0 Å². The molecular formula is C26H30N2S. The van der Waals surface area contributed by atoms with E-state index in [2.05, 4.69) is 70.4 Å². The van der Waals surface area contributed by atoms with Crippen LogP contribution in [0.1, 0.15) is 79.1 Å². The van der Waals surface area contributed by atoms with Crippen molar-refractivity contribution in [2.75, 3.05) is 0 Å². The predicted molar refractivity (Wildman–Crippen MR) is 124 cm³/mol. The number of hydrogen-bond donors (Lipinski definition) is 0. The Kier molecular flexibility index (Phi) is 4.98. The van der Waals surface area contributed by atoms with E-state index < -0.39 is 0 Å². The van der Waals surface area contributed by atoms with Gasteiger partial charge in [-0.2, -0.15) is 0 Å². The van der Waals surface area contributed by atoms with Crippen LogP contribution in [0.15, 0.2) is 48.6 Å². The average Bonchev–Trinajstić information content (AvgIpc) is 3.18. The summed E-state index contributed by atoms with van der Waals surface area (Å²) in [6.45, 7) is 16.1. The number of aryl methyl sites for hydroxylation is 1. The Balaban J connectivity index is 1.67. The summed E-state index contributed by atoms with van der Waals surface area (Å²) in [5, 5.41) is 3.13. The standard InChI is InChI=1S/C26H30N2S/c1-17-13-21-22(26(5,6)10-9-25(21,3)4)15-20(17)18(2)23-8-7-19(16-28-23)14-24-27-11-12-29-24/h7-8,11-13,15-16H,2,9-10,14H2,1,3-6H3. The van der Waals surface area contributed by atoms with Gasteiger partial charge in [-0.3, -0.25) is 4.98 Å². The first-order chi connectivity index (χ1) is 13.7. The van der Waals surface area contributed by atoms with E-state index >= 15 is 0 Å². The highest BCUT2D eigenvalue weighted by atomic mass is 32.1. The van der Waals surface area contributed by atoms with Gasteiger partial charge >= 0.3 is 0 Å². The van der Waals surface area contributed by atoms with E-state index in [9.17, 15) is 0 Å². The molecule has 1 aromatic carbocycles. The molecule has 0 amide bonds. The van der Waals surface area contributed by atoms with E-state index in [-0.39, 0.29) is 10.8 Å². The third-order valence-corrected chi connectivity index (χ3v) is 7.28. The summed E-state index contributed by atoms with van der Waals surface area (Å²) < 4.78 is 0. The first-order valence-corrected chi connectivity index (χ1v) is 11.2. The molecule has 0 saturated heterocycles. The second-order valence-electron chi connectivity index (χ2n) is 9.61. The average molecular weight is 403 g/mol. The van der Waals surface area contributed by atoms with Gasteiger partial charge in [-0.15, -0.1) is 11.3 Å². The van der Waals surface area contributed by atoms with Crippen LogP contribution in [0.2, 0.25) is 0 Å². The van der Waals surface area contributed by atoms with Gasteiger partial charge in [0.25, 0.3) is 0 Å². The van der Waals surface area contributed by atoms with Crippen LogP contribution in [0.5, 0.6) is 0 Å². The zero-order valence-corrected chi connectivity index (χ0v) is 19.0. The number of aromatic nitrogens is 2. The lowest BCUT2D eigenvalue weighted by Gasteiger charge is -2.42. The lowest BCUT2D eigenvalue weighted by atomic mass is 9.62. The molecule has 0 fully saturated rings. The van der Waals surface area contributed by atoms with E-state index in [1.165, 1.54) is 40.7 Å². The lowest BCUT2D eigenvalue weighted by molar-refractivity contribution is 0.331. The fraction of sp³-hybridized carbons (Fsp3) is 0.385. The van der Waals surface area contributed by atoms with Gasteiger partial charge in [-0.1, -0.05) is 46.4 Å². The molecule has 29 heavy (non-hydrogen) atoms. The first-order valence-electron chi connectivity index (χ1n) is 10.4. The minimum atomic E-state index is 0.193. The Hall–Kier alpha value is -2.26. The molecule has 0 N–H and O–H groups in total. The monoisotopic (exact) mass is 402 g/mol. The third kappa shape index (κ3) is 3.81. The summed E-state index contributed by atoms with van der Waals surface area (Å²) in [6, 6.07) is 9.03. The molecule has 1 aliphatic rings. The largest absolute Gasteiger partial charge is 0.256 e. The van der Waals surface area contributed by atoms with Gasteiger partial charge in [0.2, 0.25) is 0 Å².